The Hall–Kier alpha value is -3.30. The molecule has 0 aromatic heterocycles. The topological polar surface area (TPSA) is 70.4 Å². The maximum Gasteiger partial charge on any atom is 0.323 e. The van der Waals surface area contributed by atoms with Crippen molar-refractivity contribution in [2.24, 2.45) is 5.41 Å². The van der Waals surface area contributed by atoms with Crippen LogP contribution < -0.4 is 0 Å². The average Bonchev–Trinajstić information content (AvgIpc) is 3.04. The van der Waals surface area contributed by atoms with Crippen molar-refractivity contribution in [3.63, 3.8) is 0 Å². The summed E-state index contributed by atoms with van der Waals surface area (Å²) in [5.74, 6) is -1.62. The molecule has 0 saturated carbocycles. The Morgan fingerprint density at radius 3 is 2.43 bits per heavy atom. The first-order valence-corrected chi connectivity index (χ1v) is 10.5. The third kappa shape index (κ3) is 2.86. The van der Waals surface area contributed by atoms with E-state index in [1.807, 2.05) is 60.7 Å². The van der Waals surface area contributed by atoms with Gasteiger partial charge in [-0.05, 0) is 29.8 Å². The van der Waals surface area contributed by atoms with E-state index >= 15 is 0 Å². The normalized spacial score (nSPS) is 26.9. The molecule has 1 amide bonds. The third-order valence-electron chi connectivity index (χ3n) is 5.70. The number of hydrogen-bond acceptors (Lipinski definition) is 5. The SMILES string of the molecule is COC(=O)[C@@]1(CSc2ccccc2)C(=O)N2C=CC=C[C@@]2(C#N)[C@@H]1c1ccccc1. The molecule has 0 bridgehead atoms. The number of allylic oxidation sites excluding steroid dienone is 2. The van der Waals surface area contributed by atoms with Crippen molar-refractivity contribution in [2.75, 3.05) is 12.9 Å². The number of thioether (sulfide) groups is 1. The fraction of sp³-hybridized carbons (Fsp3) is 0.208. The zero-order valence-electron chi connectivity index (χ0n) is 16.4. The number of nitrogens with zero attached hydrogens (tertiary/aromatic N) is 2. The number of nitriles is 1. The minimum Gasteiger partial charge on any atom is -0.468 e. The van der Waals surface area contributed by atoms with Crippen LogP contribution in [0.3, 0.4) is 0 Å². The van der Waals surface area contributed by atoms with Crippen LogP contribution in [0.15, 0.2) is 90.0 Å². The molecule has 4 rings (SSSR count). The third-order valence-corrected chi connectivity index (χ3v) is 6.91. The van der Waals surface area contributed by atoms with Crippen molar-refractivity contribution in [3.8, 4) is 6.07 Å². The van der Waals surface area contributed by atoms with Gasteiger partial charge < -0.3 is 4.74 Å². The molecule has 2 aliphatic heterocycles. The molecule has 2 aromatic carbocycles. The lowest BCUT2D eigenvalue weighted by molar-refractivity contribution is -0.157. The van der Waals surface area contributed by atoms with Crippen LogP contribution in [-0.2, 0) is 14.3 Å². The molecule has 150 valence electrons. The van der Waals surface area contributed by atoms with E-state index in [1.165, 1.54) is 23.8 Å². The molecule has 6 heteroatoms. The van der Waals surface area contributed by atoms with Gasteiger partial charge in [-0.1, -0.05) is 54.6 Å². The molecule has 0 N–H and O–H groups in total. The number of rotatable bonds is 5. The first-order valence-electron chi connectivity index (χ1n) is 9.52. The van der Waals surface area contributed by atoms with E-state index in [2.05, 4.69) is 6.07 Å². The monoisotopic (exact) mass is 416 g/mol. The van der Waals surface area contributed by atoms with Crippen molar-refractivity contribution in [1.29, 1.82) is 5.26 Å². The van der Waals surface area contributed by atoms with Crippen molar-refractivity contribution in [2.45, 2.75) is 16.4 Å². The molecule has 2 heterocycles. The Balaban J connectivity index is 1.92. The molecule has 0 unspecified atom stereocenters. The molecular weight excluding hydrogens is 396 g/mol. The Morgan fingerprint density at radius 2 is 1.80 bits per heavy atom. The smallest absolute Gasteiger partial charge is 0.323 e. The van der Waals surface area contributed by atoms with Gasteiger partial charge in [0.25, 0.3) is 0 Å². The molecule has 1 fully saturated rings. The van der Waals surface area contributed by atoms with Gasteiger partial charge in [0.05, 0.1) is 19.1 Å². The van der Waals surface area contributed by atoms with Crippen molar-refractivity contribution < 1.29 is 14.3 Å². The highest BCUT2D eigenvalue weighted by Crippen LogP contribution is 2.57. The summed E-state index contributed by atoms with van der Waals surface area (Å²) in [5, 5.41) is 10.3. The Bertz CT molecular complexity index is 1060. The van der Waals surface area contributed by atoms with E-state index in [0.29, 0.717) is 0 Å². The van der Waals surface area contributed by atoms with Crippen LogP contribution in [0.25, 0.3) is 0 Å². The largest absolute Gasteiger partial charge is 0.468 e. The molecule has 30 heavy (non-hydrogen) atoms. The van der Waals surface area contributed by atoms with Crippen LogP contribution in [0.1, 0.15) is 11.5 Å². The summed E-state index contributed by atoms with van der Waals surface area (Å²) in [6, 6.07) is 21.2. The van der Waals surface area contributed by atoms with Gasteiger partial charge in [-0.2, -0.15) is 5.26 Å². The quantitative estimate of drug-likeness (QED) is 0.420. The summed E-state index contributed by atoms with van der Waals surface area (Å²) >= 11 is 1.41. The minimum atomic E-state index is -1.55. The van der Waals surface area contributed by atoms with Gasteiger partial charge in [-0.3, -0.25) is 14.5 Å². The number of ether oxygens (including phenoxy) is 1. The van der Waals surface area contributed by atoms with Crippen LogP contribution >= 0.6 is 11.8 Å². The van der Waals surface area contributed by atoms with E-state index in [-0.39, 0.29) is 5.75 Å². The number of carbonyl (C=O) groups is 2. The van der Waals surface area contributed by atoms with Crippen LogP contribution in [0.4, 0.5) is 0 Å². The first-order chi connectivity index (χ1) is 14.6. The number of hydrogen-bond donors (Lipinski definition) is 0. The minimum absolute atomic E-state index is 0.156. The second-order valence-electron chi connectivity index (χ2n) is 7.22. The van der Waals surface area contributed by atoms with E-state index in [9.17, 15) is 14.9 Å². The Kier molecular flexibility index (Phi) is 5.23. The lowest BCUT2D eigenvalue weighted by Gasteiger charge is -2.36. The molecule has 0 radical (unpaired) electrons. The van der Waals surface area contributed by atoms with E-state index in [4.69, 9.17) is 4.74 Å². The van der Waals surface area contributed by atoms with Crippen molar-refractivity contribution in [1.82, 2.24) is 4.90 Å². The lowest BCUT2D eigenvalue weighted by atomic mass is 9.67. The van der Waals surface area contributed by atoms with Gasteiger partial charge in [-0.25, -0.2) is 0 Å². The molecular formula is C24H20N2O3S. The molecule has 1 saturated heterocycles. The van der Waals surface area contributed by atoms with Crippen LogP contribution in [0, 0.1) is 16.7 Å². The maximum absolute atomic E-state index is 13.8. The number of esters is 1. The van der Waals surface area contributed by atoms with Crippen LogP contribution in [0.5, 0.6) is 0 Å². The predicted molar refractivity (Wildman–Crippen MR) is 114 cm³/mol. The number of amides is 1. The summed E-state index contributed by atoms with van der Waals surface area (Å²) in [4.78, 5) is 29.4. The number of benzene rings is 2. The summed E-state index contributed by atoms with van der Waals surface area (Å²) in [5.41, 5.74) is -2.11. The van der Waals surface area contributed by atoms with Gasteiger partial charge in [0.2, 0.25) is 5.91 Å². The lowest BCUT2D eigenvalue weighted by Crippen LogP contribution is -2.46. The van der Waals surface area contributed by atoms with Crippen LogP contribution in [0.2, 0.25) is 0 Å². The van der Waals surface area contributed by atoms with Crippen LogP contribution in [-0.4, -0.2) is 35.2 Å². The zero-order valence-corrected chi connectivity index (χ0v) is 17.2. The molecule has 3 atom stereocenters. The molecule has 2 aliphatic rings. The summed E-state index contributed by atoms with van der Waals surface area (Å²) in [7, 11) is 1.29. The molecule has 0 spiro atoms. The standard InChI is InChI=1S/C24H20N2O3S/c1-29-22(28)24(17-30-19-12-6-3-7-13-19)20(18-10-4-2-5-11-18)23(16-25)14-8-9-15-26(23)21(24)27/h2-15,20H,17H2,1H3/t20-,23+,24+/m0/s1. The average molecular weight is 417 g/mol. The number of methoxy groups -OCH3 is 1. The molecule has 0 aliphatic carbocycles. The van der Waals surface area contributed by atoms with Gasteiger partial charge in [0.1, 0.15) is 0 Å². The Labute approximate surface area is 179 Å². The number of fused-ring (bicyclic) bond motifs is 1. The molecule has 5 nitrogen and oxygen atoms in total. The zero-order chi connectivity index (χ0) is 21.2. The van der Waals surface area contributed by atoms with Gasteiger partial charge in [0, 0.05) is 16.8 Å². The second kappa shape index (κ2) is 7.85. The summed E-state index contributed by atoms with van der Waals surface area (Å²) in [6.45, 7) is 0. The predicted octanol–water partition coefficient (Wildman–Crippen LogP) is 3.91. The highest BCUT2D eigenvalue weighted by atomic mass is 32.2. The first kappa shape index (κ1) is 20.0. The highest BCUT2D eigenvalue weighted by Gasteiger charge is 2.70. The van der Waals surface area contributed by atoms with Crippen molar-refractivity contribution >= 4 is 23.6 Å². The van der Waals surface area contributed by atoms with Gasteiger partial charge >= 0.3 is 5.97 Å². The highest BCUT2D eigenvalue weighted by molar-refractivity contribution is 7.99. The molecule has 2 aromatic rings. The second-order valence-corrected chi connectivity index (χ2v) is 8.27. The van der Waals surface area contributed by atoms with Crippen molar-refractivity contribution in [3.05, 3.63) is 90.7 Å². The van der Waals surface area contributed by atoms with E-state index in [1.54, 1.807) is 24.4 Å². The Morgan fingerprint density at radius 1 is 1.13 bits per heavy atom. The summed E-state index contributed by atoms with van der Waals surface area (Å²) in [6.07, 6.45) is 6.74. The van der Waals surface area contributed by atoms with E-state index < -0.39 is 28.7 Å². The van der Waals surface area contributed by atoms with Gasteiger partial charge in [-0.15, -0.1) is 11.8 Å². The maximum atomic E-state index is 13.8. The number of carbonyl (C=O) groups excluding carboxylic acids is 2. The summed E-state index contributed by atoms with van der Waals surface area (Å²) < 4.78 is 5.19. The van der Waals surface area contributed by atoms with Gasteiger partial charge in [0.15, 0.2) is 11.0 Å². The van der Waals surface area contributed by atoms with E-state index in [0.717, 1.165) is 10.5 Å². The fourth-order valence-electron chi connectivity index (χ4n) is 4.37. The fourth-order valence-corrected chi connectivity index (χ4v) is 5.52.